The van der Waals surface area contributed by atoms with E-state index in [9.17, 15) is 9.59 Å². The van der Waals surface area contributed by atoms with Crippen LogP contribution in [0.15, 0.2) is 0 Å². The number of hydrogen-bond donors (Lipinski definition) is 0. The number of esters is 2. The van der Waals surface area contributed by atoms with Gasteiger partial charge in [-0.25, -0.2) is 9.59 Å². The molecule has 2 fully saturated rings. The first-order valence-corrected chi connectivity index (χ1v) is 5.64. The van der Waals surface area contributed by atoms with Crippen molar-refractivity contribution in [2.45, 2.75) is 57.5 Å². The first-order chi connectivity index (χ1) is 7.58. The minimum atomic E-state index is -0.849. The predicted molar refractivity (Wildman–Crippen MR) is 53.6 cm³/mol. The molecule has 0 N–H and O–H groups in total. The highest BCUT2D eigenvalue weighted by Crippen LogP contribution is 2.27. The lowest BCUT2D eigenvalue weighted by Gasteiger charge is -2.20. The van der Waals surface area contributed by atoms with Crippen LogP contribution in [0.25, 0.3) is 0 Å². The van der Waals surface area contributed by atoms with Crippen molar-refractivity contribution in [1.29, 1.82) is 0 Å². The molecule has 2 rings (SSSR count). The highest BCUT2D eigenvalue weighted by Gasteiger charge is 2.37. The first-order valence-electron chi connectivity index (χ1n) is 5.64. The molecule has 0 radical (unpaired) electrons. The summed E-state index contributed by atoms with van der Waals surface area (Å²) >= 11 is 0. The molecule has 16 heavy (non-hydrogen) atoms. The van der Waals surface area contributed by atoms with Crippen molar-refractivity contribution in [3.05, 3.63) is 0 Å². The minimum Gasteiger partial charge on any atom is -0.457 e. The van der Waals surface area contributed by atoms with E-state index >= 15 is 0 Å². The zero-order chi connectivity index (χ0) is 11.7. The Morgan fingerprint density at radius 3 is 2.31 bits per heavy atom. The van der Waals surface area contributed by atoms with E-state index in [1.54, 1.807) is 6.92 Å². The largest absolute Gasteiger partial charge is 0.457 e. The van der Waals surface area contributed by atoms with Crippen molar-refractivity contribution in [1.82, 2.24) is 0 Å². The molecular formula is C11H16O5. The minimum absolute atomic E-state index is 0.170. The van der Waals surface area contributed by atoms with Gasteiger partial charge in [0.2, 0.25) is 0 Å². The molecule has 5 nitrogen and oxygen atoms in total. The van der Waals surface area contributed by atoms with Gasteiger partial charge in [-0.05, 0) is 33.1 Å². The molecule has 0 amide bonds. The molecule has 0 aromatic heterocycles. The maximum atomic E-state index is 11.6. The van der Waals surface area contributed by atoms with Gasteiger partial charge < -0.3 is 14.2 Å². The van der Waals surface area contributed by atoms with E-state index in [4.69, 9.17) is 14.2 Å². The monoisotopic (exact) mass is 228 g/mol. The third-order valence-electron chi connectivity index (χ3n) is 3.00. The van der Waals surface area contributed by atoms with Crippen LogP contribution < -0.4 is 0 Å². The van der Waals surface area contributed by atoms with Crippen LogP contribution in [0.1, 0.15) is 33.1 Å². The summed E-state index contributed by atoms with van der Waals surface area (Å²) < 4.78 is 15.7. The van der Waals surface area contributed by atoms with E-state index in [2.05, 4.69) is 0 Å². The van der Waals surface area contributed by atoms with Crippen LogP contribution in [0.5, 0.6) is 0 Å². The average molecular weight is 228 g/mol. The van der Waals surface area contributed by atoms with Gasteiger partial charge >= 0.3 is 11.9 Å². The molecule has 1 saturated heterocycles. The normalized spacial score (nSPS) is 40.1. The van der Waals surface area contributed by atoms with E-state index in [-0.39, 0.29) is 12.2 Å². The number of ether oxygens (including phenoxy) is 3. The van der Waals surface area contributed by atoms with Crippen molar-refractivity contribution in [2.24, 2.45) is 0 Å². The molecule has 0 aromatic carbocycles. The molecule has 2 aliphatic rings. The Morgan fingerprint density at radius 2 is 1.56 bits per heavy atom. The molecule has 90 valence electrons. The average Bonchev–Trinajstić information content (AvgIpc) is 2.64. The van der Waals surface area contributed by atoms with Crippen molar-refractivity contribution in [2.75, 3.05) is 0 Å². The highest BCUT2D eigenvalue weighted by atomic mass is 16.6. The van der Waals surface area contributed by atoms with Crippen LogP contribution in [0.3, 0.4) is 0 Å². The summed E-state index contributed by atoms with van der Waals surface area (Å²) in [6.07, 6.45) is 0.691. The molecule has 0 spiro atoms. The van der Waals surface area contributed by atoms with Gasteiger partial charge in [-0.2, -0.15) is 0 Å². The lowest BCUT2D eigenvalue weighted by Crippen LogP contribution is -2.32. The molecule has 1 aliphatic heterocycles. The van der Waals surface area contributed by atoms with Gasteiger partial charge in [-0.1, -0.05) is 0 Å². The number of carbonyl (C=O) groups is 2. The third kappa shape index (κ3) is 2.19. The molecule has 1 saturated carbocycles. The second-order valence-corrected chi connectivity index (χ2v) is 4.30. The molecular weight excluding hydrogens is 212 g/mol. The van der Waals surface area contributed by atoms with Crippen molar-refractivity contribution in [3.63, 3.8) is 0 Å². The molecule has 5 heteroatoms. The van der Waals surface area contributed by atoms with Crippen molar-refractivity contribution < 1.29 is 23.8 Å². The van der Waals surface area contributed by atoms with Gasteiger partial charge in [-0.15, -0.1) is 0 Å². The van der Waals surface area contributed by atoms with Gasteiger partial charge in [0.1, 0.15) is 6.10 Å². The summed E-state index contributed by atoms with van der Waals surface area (Å²) in [6, 6.07) is 0. The predicted octanol–water partition coefficient (Wildman–Crippen LogP) is 0.801. The number of carbonyl (C=O) groups excluding carboxylic acids is 2. The Balaban J connectivity index is 2.15. The number of cyclic esters (lactones) is 1. The fourth-order valence-corrected chi connectivity index (χ4v) is 2.06. The van der Waals surface area contributed by atoms with Crippen LogP contribution in [0, 0.1) is 0 Å². The van der Waals surface area contributed by atoms with Gasteiger partial charge in [0.25, 0.3) is 0 Å². The van der Waals surface area contributed by atoms with Crippen LogP contribution in [-0.2, 0) is 23.8 Å². The Morgan fingerprint density at radius 1 is 0.938 bits per heavy atom. The highest BCUT2D eigenvalue weighted by molar-refractivity contribution is 5.81. The van der Waals surface area contributed by atoms with E-state index in [1.807, 2.05) is 0 Å². The molecule has 4 unspecified atom stereocenters. The lowest BCUT2D eigenvalue weighted by atomic mass is 10.2. The van der Waals surface area contributed by atoms with Crippen LogP contribution in [0.4, 0.5) is 0 Å². The Hall–Kier alpha value is -1.10. The molecule has 1 aliphatic carbocycles. The molecule has 0 bridgehead atoms. The maximum Gasteiger partial charge on any atom is 0.347 e. The molecule has 4 atom stereocenters. The summed E-state index contributed by atoms with van der Waals surface area (Å²) in [4.78, 5) is 23.1. The quantitative estimate of drug-likeness (QED) is 0.574. The lowest BCUT2D eigenvalue weighted by molar-refractivity contribution is -0.169. The Kier molecular flexibility index (Phi) is 3.14. The van der Waals surface area contributed by atoms with Gasteiger partial charge in [0, 0.05) is 0 Å². The number of fused-ring (bicyclic) bond motifs is 1. The SMILES string of the molecule is CC1OC(=O)C(C)OC2CCCC2OC1=O. The molecule has 1 heterocycles. The zero-order valence-electron chi connectivity index (χ0n) is 9.47. The second kappa shape index (κ2) is 4.41. The van der Waals surface area contributed by atoms with Crippen LogP contribution in [-0.4, -0.2) is 36.4 Å². The topological polar surface area (TPSA) is 61.8 Å². The smallest absolute Gasteiger partial charge is 0.347 e. The summed E-state index contributed by atoms with van der Waals surface area (Å²) in [5, 5.41) is 0. The Labute approximate surface area is 94.0 Å². The van der Waals surface area contributed by atoms with E-state index in [0.29, 0.717) is 0 Å². The van der Waals surface area contributed by atoms with Crippen LogP contribution in [0.2, 0.25) is 0 Å². The van der Waals surface area contributed by atoms with Gasteiger partial charge in [0.05, 0.1) is 6.10 Å². The van der Waals surface area contributed by atoms with Gasteiger partial charge in [-0.3, -0.25) is 0 Å². The summed E-state index contributed by atoms with van der Waals surface area (Å²) in [5.41, 5.74) is 0. The maximum absolute atomic E-state index is 11.6. The first kappa shape index (κ1) is 11.4. The number of rotatable bonds is 0. The zero-order valence-corrected chi connectivity index (χ0v) is 9.47. The fourth-order valence-electron chi connectivity index (χ4n) is 2.06. The standard InChI is InChI=1S/C11H16O5/c1-6-10(12)15-7(2)11(13)16-9-5-3-4-8(9)14-6/h6-9H,3-5H2,1-2H3. The van der Waals surface area contributed by atoms with Crippen molar-refractivity contribution >= 4 is 11.9 Å². The summed E-state index contributed by atoms with van der Waals surface area (Å²) in [7, 11) is 0. The third-order valence-corrected chi connectivity index (χ3v) is 3.00. The summed E-state index contributed by atoms with van der Waals surface area (Å²) in [6.45, 7) is 3.16. The Bertz CT molecular complexity index is 301. The van der Waals surface area contributed by atoms with Crippen molar-refractivity contribution in [3.8, 4) is 0 Å². The fraction of sp³-hybridized carbons (Fsp3) is 0.818. The van der Waals surface area contributed by atoms with E-state index in [1.165, 1.54) is 6.92 Å². The molecule has 0 aromatic rings. The van der Waals surface area contributed by atoms with E-state index in [0.717, 1.165) is 19.3 Å². The number of hydrogen-bond acceptors (Lipinski definition) is 5. The van der Waals surface area contributed by atoms with E-state index < -0.39 is 24.1 Å². The summed E-state index contributed by atoms with van der Waals surface area (Å²) in [5.74, 6) is -0.986. The van der Waals surface area contributed by atoms with Gasteiger partial charge in [0.15, 0.2) is 12.2 Å². The van der Waals surface area contributed by atoms with Crippen LogP contribution >= 0.6 is 0 Å². The second-order valence-electron chi connectivity index (χ2n) is 4.30.